The first-order valence-corrected chi connectivity index (χ1v) is 26.9. The second-order valence-corrected chi connectivity index (χ2v) is 24.1. The number of nitrogens with zero attached hydrogens (tertiary/aromatic N) is 4. The van der Waals surface area contributed by atoms with Crippen molar-refractivity contribution < 1.29 is 33.7 Å². The van der Waals surface area contributed by atoms with Gasteiger partial charge in [0.05, 0.1) is 19.6 Å². The van der Waals surface area contributed by atoms with Gasteiger partial charge in [-0.05, 0) is 111 Å². The second-order valence-electron chi connectivity index (χ2n) is 16.4. The van der Waals surface area contributed by atoms with Gasteiger partial charge in [-0.15, -0.1) is 0 Å². The van der Waals surface area contributed by atoms with Crippen molar-refractivity contribution in [1.29, 1.82) is 0 Å². The van der Waals surface area contributed by atoms with Crippen molar-refractivity contribution in [3.05, 3.63) is 167 Å². The maximum absolute atomic E-state index is 14.6. The van der Waals surface area contributed by atoms with E-state index in [-0.39, 0.29) is 84.8 Å². The highest BCUT2D eigenvalue weighted by atomic mass is 32.2. The quantitative estimate of drug-likeness (QED) is 0.151. The van der Waals surface area contributed by atoms with Crippen LogP contribution < -0.4 is 0 Å². The Morgan fingerprint density at radius 1 is 0.312 bits per heavy atom. The molecule has 8 rings (SSSR count). The molecule has 0 spiro atoms. The summed E-state index contributed by atoms with van der Waals surface area (Å²) < 4.78 is 121. The average Bonchev–Trinajstić information content (AvgIpc) is 3.26. The van der Waals surface area contributed by atoms with Crippen LogP contribution in [0, 0.1) is 27.7 Å². The van der Waals surface area contributed by atoms with Gasteiger partial charge in [0.15, 0.2) is 0 Å². The summed E-state index contributed by atoms with van der Waals surface area (Å²) in [4.78, 5) is 0.195. The fourth-order valence-electron chi connectivity index (χ4n) is 7.86. The minimum Gasteiger partial charge on any atom is -0.207 e. The number of benzene rings is 6. The monoisotopic (exact) mass is 942 g/mol. The van der Waals surface area contributed by atoms with Gasteiger partial charge in [-0.25, -0.2) is 33.7 Å². The molecule has 0 saturated heterocycles. The largest absolute Gasteiger partial charge is 0.243 e. The molecule has 16 heteroatoms. The molecule has 0 aromatic heterocycles. The van der Waals surface area contributed by atoms with Crippen LogP contribution in [0.5, 0.6) is 0 Å². The van der Waals surface area contributed by atoms with E-state index in [1.807, 2.05) is 64.1 Å². The number of hydrogen-bond acceptors (Lipinski definition) is 8. The zero-order chi connectivity index (χ0) is 45.9. The molecule has 0 aliphatic carbocycles. The standard InChI is InChI=1S/C48H54N4O8S4/c1-37-11-21-43(22-12-37)61(53,54)49-29-7-31-51(63(57,58)45-25-15-39(3)16-26-45)35-41-19-20-42(48-10-6-5-9-47(41)48)36-52(64(59,60)46-27-17-40(4)18-28-46)32-8-30-50(34-33-49)62(55,56)44-23-13-38(2)14-24-44/h5-6,9-28H,7-8,29-36H2,1-4H3. The Morgan fingerprint density at radius 3 is 0.844 bits per heavy atom. The lowest BCUT2D eigenvalue weighted by Crippen LogP contribution is -2.43. The van der Waals surface area contributed by atoms with E-state index in [0.29, 0.717) is 11.1 Å². The molecule has 0 radical (unpaired) electrons. The molecule has 2 aliphatic heterocycles. The number of aryl methyl sites for hydroxylation is 4. The molecule has 12 nitrogen and oxygen atoms in total. The third-order valence-electron chi connectivity index (χ3n) is 11.7. The summed E-state index contributed by atoms with van der Waals surface area (Å²) in [6.45, 7) is 6.38. The van der Waals surface area contributed by atoms with Gasteiger partial charge in [0.2, 0.25) is 40.1 Å². The summed E-state index contributed by atoms with van der Waals surface area (Å²) in [5.41, 5.74) is 4.84. The predicted octanol–water partition coefficient (Wildman–Crippen LogP) is 7.63. The first kappa shape index (κ1) is 47.2. The highest BCUT2D eigenvalue weighted by Crippen LogP contribution is 2.30. The summed E-state index contributed by atoms with van der Waals surface area (Å²) in [5, 5.41) is 1.47. The predicted molar refractivity (Wildman–Crippen MR) is 251 cm³/mol. The van der Waals surface area contributed by atoms with Crippen LogP contribution in [0.2, 0.25) is 0 Å². The summed E-state index contributed by atoms with van der Waals surface area (Å²) >= 11 is 0. The van der Waals surface area contributed by atoms with Gasteiger partial charge in [0.25, 0.3) is 0 Å². The maximum atomic E-state index is 14.6. The molecule has 0 N–H and O–H groups in total. The third-order valence-corrected chi connectivity index (χ3v) is 19.2. The molecular formula is C48H54N4O8S4. The number of rotatable bonds is 8. The molecule has 0 amide bonds. The van der Waals surface area contributed by atoms with Crippen molar-refractivity contribution in [2.45, 2.75) is 73.2 Å². The van der Waals surface area contributed by atoms with Crippen LogP contribution in [-0.2, 0) is 53.2 Å². The van der Waals surface area contributed by atoms with E-state index in [0.717, 1.165) is 33.0 Å². The zero-order valence-corrected chi connectivity index (χ0v) is 39.7. The molecule has 2 bridgehead atoms. The van der Waals surface area contributed by atoms with E-state index in [2.05, 4.69) is 0 Å². The molecule has 2 heterocycles. The number of sulfonamides is 4. The van der Waals surface area contributed by atoms with Crippen molar-refractivity contribution in [1.82, 2.24) is 17.2 Å². The SMILES string of the molecule is Cc1ccc(S(=O)(=O)N2CCCN(S(=O)(=O)c3ccc(C)cc3)Cc3ccc(c4ccccc34)CN(S(=O)(=O)c3ccc(C)cc3)CCCN(S(=O)(=O)c3ccc(C)cc3)CC2)cc1. The van der Waals surface area contributed by atoms with E-state index >= 15 is 0 Å². The first-order valence-electron chi connectivity index (χ1n) is 21.1. The minimum atomic E-state index is -4.23. The van der Waals surface area contributed by atoms with Crippen LogP contribution in [0.3, 0.4) is 0 Å². The zero-order valence-electron chi connectivity index (χ0n) is 36.5. The minimum absolute atomic E-state index is 0.0147. The van der Waals surface area contributed by atoms with E-state index in [1.165, 1.54) is 41.5 Å². The molecule has 2 aliphatic rings. The first-order chi connectivity index (χ1) is 30.4. The van der Waals surface area contributed by atoms with Gasteiger partial charge in [0, 0.05) is 52.4 Å². The van der Waals surface area contributed by atoms with E-state index in [1.54, 1.807) is 72.8 Å². The van der Waals surface area contributed by atoms with Crippen molar-refractivity contribution >= 4 is 50.9 Å². The van der Waals surface area contributed by atoms with Crippen LogP contribution in [0.1, 0.15) is 46.2 Å². The molecule has 0 fully saturated rings. The lowest BCUT2D eigenvalue weighted by atomic mass is 9.99. The summed E-state index contributed by atoms with van der Waals surface area (Å²) in [6, 6.07) is 37.0. The van der Waals surface area contributed by atoms with Gasteiger partial charge in [-0.3, -0.25) is 0 Å². The molecule has 0 atom stereocenters. The fraction of sp³-hybridized carbons (Fsp3) is 0.292. The Morgan fingerprint density at radius 2 is 0.562 bits per heavy atom. The van der Waals surface area contributed by atoms with Crippen molar-refractivity contribution in [2.75, 3.05) is 39.3 Å². The normalized spacial score (nSPS) is 16.7. The third kappa shape index (κ3) is 10.3. The van der Waals surface area contributed by atoms with Gasteiger partial charge in [-0.2, -0.15) is 17.2 Å². The lowest BCUT2D eigenvalue weighted by molar-refractivity contribution is 0.313. The van der Waals surface area contributed by atoms with Crippen LogP contribution in [0.25, 0.3) is 10.8 Å². The van der Waals surface area contributed by atoms with Gasteiger partial charge in [-0.1, -0.05) is 107 Å². The van der Waals surface area contributed by atoms with E-state index in [4.69, 9.17) is 0 Å². The van der Waals surface area contributed by atoms with E-state index in [9.17, 15) is 33.7 Å². The van der Waals surface area contributed by atoms with E-state index < -0.39 is 40.1 Å². The Labute approximate surface area is 379 Å². The van der Waals surface area contributed by atoms with Gasteiger partial charge >= 0.3 is 0 Å². The fourth-order valence-corrected chi connectivity index (χ4v) is 13.7. The number of hydrogen-bond donors (Lipinski definition) is 0. The molecular weight excluding hydrogens is 889 g/mol. The van der Waals surface area contributed by atoms with Crippen LogP contribution in [0.4, 0.5) is 0 Å². The van der Waals surface area contributed by atoms with Gasteiger partial charge in [0.1, 0.15) is 0 Å². The molecule has 6 aromatic carbocycles. The maximum Gasteiger partial charge on any atom is 0.243 e. The number of fused-ring (bicyclic) bond motifs is 14. The molecule has 0 unspecified atom stereocenters. The molecule has 338 valence electrons. The highest BCUT2D eigenvalue weighted by molar-refractivity contribution is 7.90. The highest BCUT2D eigenvalue weighted by Gasteiger charge is 2.32. The Balaban J connectivity index is 1.37. The Bertz CT molecular complexity index is 2850. The molecule has 0 saturated carbocycles. The lowest BCUT2D eigenvalue weighted by Gasteiger charge is -2.30. The molecule has 6 aromatic rings. The smallest absolute Gasteiger partial charge is 0.207 e. The Kier molecular flexibility index (Phi) is 14.3. The Hall–Kier alpha value is -4.78. The van der Waals surface area contributed by atoms with Crippen LogP contribution in [-0.4, -0.2) is 90.2 Å². The van der Waals surface area contributed by atoms with Crippen molar-refractivity contribution in [3.63, 3.8) is 0 Å². The van der Waals surface area contributed by atoms with Crippen LogP contribution >= 0.6 is 0 Å². The summed E-state index contributed by atoms with van der Waals surface area (Å²) in [5.74, 6) is 0. The van der Waals surface area contributed by atoms with Crippen molar-refractivity contribution in [2.24, 2.45) is 0 Å². The molecule has 64 heavy (non-hydrogen) atoms. The topological polar surface area (TPSA) is 150 Å². The summed E-state index contributed by atoms with van der Waals surface area (Å²) in [6.07, 6.45) is 0.172. The average molecular weight is 943 g/mol. The van der Waals surface area contributed by atoms with Crippen molar-refractivity contribution in [3.8, 4) is 0 Å². The van der Waals surface area contributed by atoms with Gasteiger partial charge < -0.3 is 0 Å². The summed E-state index contributed by atoms with van der Waals surface area (Å²) in [7, 11) is -16.7. The van der Waals surface area contributed by atoms with Crippen LogP contribution in [0.15, 0.2) is 153 Å². The second kappa shape index (κ2) is 19.4.